The van der Waals surface area contributed by atoms with Crippen LogP contribution < -0.4 is 0 Å². The zero-order valence-corrected chi connectivity index (χ0v) is 7.68. The Hall–Kier alpha value is -0.373. The van der Waals surface area contributed by atoms with Gasteiger partial charge in [-0.1, -0.05) is 0 Å². The van der Waals surface area contributed by atoms with E-state index in [1.54, 1.807) is 14.2 Å². The normalized spacial score (nSPS) is 11.0. The summed E-state index contributed by atoms with van der Waals surface area (Å²) < 4.78 is 10.3. The van der Waals surface area contributed by atoms with E-state index in [1.165, 1.54) is 0 Å². The van der Waals surface area contributed by atoms with Crippen LogP contribution >= 0.6 is 0 Å². The van der Waals surface area contributed by atoms with Crippen LogP contribution in [0.25, 0.3) is 0 Å². The van der Waals surface area contributed by atoms with Crippen LogP contribution in [0.15, 0.2) is 0 Å². The molecule has 0 aliphatic rings. The quantitative estimate of drug-likeness (QED) is 0.580. The van der Waals surface area contributed by atoms with Crippen molar-refractivity contribution in [1.82, 2.24) is 0 Å². The molecule has 0 spiro atoms. The zero-order chi connectivity index (χ0) is 8.04. The number of nitrogens with zero attached hydrogens (tertiary/aromatic N) is 1. The van der Waals surface area contributed by atoms with E-state index in [1.807, 2.05) is 6.55 Å². The summed E-state index contributed by atoms with van der Waals surface area (Å²) in [4.78, 5) is 0. The third-order valence-electron chi connectivity index (χ3n) is 1.55. The molecule has 58 valence electrons. The lowest BCUT2D eigenvalue weighted by Gasteiger charge is -2.20. The molecule has 0 aromatic heterocycles. The molecule has 0 fully saturated rings. The summed E-state index contributed by atoms with van der Waals surface area (Å²) in [7, 11) is 1.32. The molecule has 4 heteroatoms. The van der Waals surface area contributed by atoms with Crippen LogP contribution in [0.2, 0.25) is 12.6 Å². The van der Waals surface area contributed by atoms with E-state index >= 15 is 0 Å². The van der Waals surface area contributed by atoms with E-state index in [2.05, 4.69) is 6.07 Å². The van der Waals surface area contributed by atoms with Crippen molar-refractivity contribution in [2.24, 2.45) is 0 Å². The van der Waals surface area contributed by atoms with E-state index in [0.717, 1.165) is 6.04 Å². The van der Waals surface area contributed by atoms with Gasteiger partial charge in [0.25, 0.3) is 0 Å². The fourth-order valence-corrected chi connectivity index (χ4v) is 1.71. The molecule has 0 N–H and O–H groups in total. The van der Waals surface area contributed by atoms with Gasteiger partial charge in [-0.25, -0.2) is 0 Å². The highest BCUT2D eigenvalue weighted by Crippen LogP contribution is 2.12. The van der Waals surface area contributed by atoms with E-state index in [4.69, 9.17) is 14.1 Å². The molecule has 0 saturated heterocycles. The maximum atomic E-state index is 8.28. The first-order valence-electron chi connectivity index (χ1n) is 3.16. The predicted octanol–water partition coefficient (Wildman–Crippen LogP) is 1.26. The molecular weight excluding hydrogens is 146 g/mol. The van der Waals surface area contributed by atoms with E-state index in [-0.39, 0.29) is 0 Å². The van der Waals surface area contributed by atoms with Crippen molar-refractivity contribution >= 4 is 8.56 Å². The van der Waals surface area contributed by atoms with Crippen molar-refractivity contribution in [2.75, 3.05) is 14.2 Å². The lowest BCUT2D eigenvalue weighted by atomic mass is 10.6. The summed E-state index contributed by atoms with van der Waals surface area (Å²) in [6, 6.07) is 2.81. The van der Waals surface area contributed by atoms with Crippen molar-refractivity contribution in [3.05, 3.63) is 0 Å². The fraction of sp³-hybridized carbons (Fsp3) is 0.833. The predicted molar refractivity (Wildman–Crippen MR) is 40.7 cm³/mol. The summed E-state index contributed by atoms with van der Waals surface area (Å²) >= 11 is 0. The Labute approximate surface area is 62.8 Å². The van der Waals surface area contributed by atoms with Gasteiger partial charge < -0.3 is 8.85 Å². The third-order valence-corrected chi connectivity index (χ3v) is 4.44. The Morgan fingerprint density at radius 2 is 1.90 bits per heavy atom. The second-order valence-electron chi connectivity index (χ2n) is 2.20. The van der Waals surface area contributed by atoms with Crippen LogP contribution in [-0.4, -0.2) is 22.8 Å². The summed E-state index contributed by atoms with van der Waals surface area (Å²) in [5.74, 6) is 0. The second-order valence-corrected chi connectivity index (χ2v) is 5.78. The summed E-state index contributed by atoms with van der Waals surface area (Å²) in [5, 5.41) is 8.28. The van der Waals surface area contributed by atoms with Crippen molar-refractivity contribution in [1.29, 1.82) is 5.26 Å². The molecule has 0 atom stereocenters. The van der Waals surface area contributed by atoms with Gasteiger partial charge in [0.1, 0.15) is 0 Å². The van der Waals surface area contributed by atoms with Gasteiger partial charge in [-0.3, -0.25) is 0 Å². The molecular formula is C6H13NO2Si. The maximum Gasteiger partial charge on any atom is 0.335 e. The molecule has 0 aliphatic carbocycles. The molecule has 0 unspecified atom stereocenters. The highest BCUT2D eigenvalue weighted by Gasteiger charge is 2.27. The monoisotopic (exact) mass is 159 g/mol. The SMILES string of the molecule is CO[Si](C)(CCC#N)OC. The molecule has 0 radical (unpaired) electrons. The van der Waals surface area contributed by atoms with Gasteiger partial charge in [0, 0.05) is 26.7 Å². The van der Waals surface area contributed by atoms with Crippen LogP contribution in [0.5, 0.6) is 0 Å². The average molecular weight is 159 g/mol. The number of hydrogen-bond acceptors (Lipinski definition) is 3. The molecule has 0 aromatic rings. The largest absolute Gasteiger partial charge is 0.398 e. The smallest absolute Gasteiger partial charge is 0.335 e. The summed E-state index contributed by atoms with van der Waals surface area (Å²) in [6.45, 7) is 1.95. The minimum absolute atomic E-state index is 0.518. The van der Waals surface area contributed by atoms with Crippen molar-refractivity contribution in [3.8, 4) is 6.07 Å². The van der Waals surface area contributed by atoms with Gasteiger partial charge in [0.15, 0.2) is 0 Å². The minimum atomic E-state index is -1.94. The molecule has 0 aliphatic heterocycles. The highest BCUT2D eigenvalue weighted by atomic mass is 28.4. The third kappa shape index (κ3) is 2.97. The first-order chi connectivity index (χ1) is 4.68. The zero-order valence-electron chi connectivity index (χ0n) is 6.68. The van der Waals surface area contributed by atoms with Crippen LogP contribution in [0.4, 0.5) is 0 Å². The van der Waals surface area contributed by atoms with Crippen LogP contribution in [0.3, 0.4) is 0 Å². The molecule has 0 rings (SSSR count). The molecule has 0 aromatic carbocycles. The summed E-state index contributed by atoms with van der Waals surface area (Å²) in [6.07, 6.45) is 0.518. The van der Waals surface area contributed by atoms with Crippen LogP contribution in [0.1, 0.15) is 6.42 Å². The van der Waals surface area contributed by atoms with Crippen molar-refractivity contribution < 1.29 is 8.85 Å². The Morgan fingerprint density at radius 3 is 2.20 bits per heavy atom. The lowest BCUT2D eigenvalue weighted by Crippen LogP contribution is -2.35. The summed E-state index contributed by atoms with van der Waals surface area (Å²) in [5.41, 5.74) is 0. The fourth-order valence-electron chi connectivity index (χ4n) is 0.570. The molecule has 0 amide bonds. The molecule has 0 bridgehead atoms. The van der Waals surface area contributed by atoms with Crippen molar-refractivity contribution in [2.45, 2.75) is 19.0 Å². The molecule has 0 heterocycles. The number of nitriles is 1. The van der Waals surface area contributed by atoms with Gasteiger partial charge in [-0.2, -0.15) is 5.26 Å². The topological polar surface area (TPSA) is 42.2 Å². The van der Waals surface area contributed by atoms with Gasteiger partial charge in [-0.15, -0.1) is 0 Å². The average Bonchev–Trinajstić information content (AvgIpc) is 2.00. The van der Waals surface area contributed by atoms with Crippen molar-refractivity contribution in [3.63, 3.8) is 0 Å². The van der Waals surface area contributed by atoms with Crippen LogP contribution in [0, 0.1) is 11.3 Å². The maximum absolute atomic E-state index is 8.28. The Kier molecular flexibility index (Phi) is 4.28. The molecule has 0 saturated carbocycles. The van der Waals surface area contributed by atoms with Gasteiger partial charge in [-0.05, 0) is 6.55 Å². The van der Waals surface area contributed by atoms with Crippen LogP contribution in [-0.2, 0) is 8.85 Å². The standard InChI is InChI=1S/C6H13NO2Si/c1-8-10(3,9-2)6-4-5-7/h4,6H2,1-3H3. The second kappa shape index (κ2) is 4.44. The first kappa shape index (κ1) is 9.63. The molecule has 3 nitrogen and oxygen atoms in total. The Morgan fingerprint density at radius 1 is 1.40 bits per heavy atom. The van der Waals surface area contributed by atoms with Gasteiger partial charge in [0.05, 0.1) is 6.07 Å². The Bertz CT molecular complexity index is 128. The highest BCUT2D eigenvalue weighted by molar-refractivity contribution is 6.65. The lowest BCUT2D eigenvalue weighted by molar-refractivity contribution is 0.250. The first-order valence-corrected chi connectivity index (χ1v) is 5.68. The van der Waals surface area contributed by atoms with Gasteiger partial charge >= 0.3 is 8.56 Å². The minimum Gasteiger partial charge on any atom is -0.398 e. The van der Waals surface area contributed by atoms with E-state index in [9.17, 15) is 0 Å². The molecule has 10 heavy (non-hydrogen) atoms. The Balaban J connectivity index is 3.71. The number of rotatable bonds is 4. The van der Waals surface area contributed by atoms with E-state index in [0.29, 0.717) is 6.42 Å². The van der Waals surface area contributed by atoms with E-state index < -0.39 is 8.56 Å². The number of hydrogen-bond donors (Lipinski definition) is 0. The van der Waals surface area contributed by atoms with Gasteiger partial charge in [0.2, 0.25) is 0 Å².